The third kappa shape index (κ3) is 5.33. The summed E-state index contributed by atoms with van der Waals surface area (Å²) >= 11 is 0. The molecule has 29 heavy (non-hydrogen) atoms. The third-order valence-electron chi connectivity index (χ3n) is 3.66. The van der Waals surface area contributed by atoms with Crippen LogP contribution in [0.2, 0.25) is 0 Å². The largest absolute Gasteiger partial charge is 0.494 e. The molecule has 0 aliphatic carbocycles. The minimum absolute atomic E-state index is 0.119. The van der Waals surface area contributed by atoms with Crippen molar-refractivity contribution in [2.45, 2.75) is 25.9 Å². The van der Waals surface area contributed by atoms with Gasteiger partial charge in [0.1, 0.15) is 11.5 Å². The second-order valence-corrected chi connectivity index (χ2v) is 5.80. The number of carbonyl (C=O) groups excluding carboxylic acids is 1. The molecule has 0 N–H and O–H groups in total. The quantitative estimate of drug-likeness (QED) is 0.406. The molecule has 0 saturated carbocycles. The van der Waals surface area contributed by atoms with E-state index in [9.17, 15) is 18.0 Å². The first-order valence-corrected chi connectivity index (χ1v) is 8.63. The van der Waals surface area contributed by atoms with Gasteiger partial charge in [0.25, 0.3) is 0 Å². The molecule has 0 amide bonds. The molecule has 0 radical (unpaired) electrons. The molecule has 3 aromatic rings. The van der Waals surface area contributed by atoms with Gasteiger partial charge in [-0.1, -0.05) is 10.3 Å². The molecule has 11 heteroatoms. The third-order valence-corrected chi connectivity index (χ3v) is 3.66. The van der Waals surface area contributed by atoms with Gasteiger partial charge in [0.2, 0.25) is 5.82 Å². The fourth-order valence-corrected chi connectivity index (χ4v) is 2.32. The first kappa shape index (κ1) is 20.4. The summed E-state index contributed by atoms with van der Waals surface area (Å²) in [5.74, 6) is -1.04. The van der Waals surface area contributed by atoms with Crippen LogP contribution in [-0.4, -0.2) is 34.5 Å². The van der Waals surface area contributed by atoms with Crippen LogP contribution in [0, 0.1) is 0 Å². The molecule has 154 valence electrons. The van der Waals surface area contributed by atoms with E-state index in [1.165, 1.54) is 18.2 Å². The number of benzene rings is 1. The molecule has 1 aromatic carbocycles. The lowest BCUT2D eigenvalue weighted by Crippen LogP contribution is -2.04. The van der Waals surface area contributed by atoms with E-state index in [2.05, 4.69) is 19.8 Å². The Hall–Kier alpha value is -3.37. The summed E-state index contributed by atoms with van der Waals surface area (Å²) in [6, 6.07) is 7.76. The summed E-state index contributed by atoms with van der Waals surface area (Å²) in [5.41, 5.74) is 0.484. The highest BCUT2D eigenvalue weighted by atomic mass is 19.4. The van der Waals surface area contributed by atoms with Crippen LogP contribution in [-0.2, 0) is 17.3 Å². The molecule has 3 rings (SSSR count). The minimum atomic E-state index is -4.69. The van der Waals surface area contributed by atoms with Gasteiger partial charge >= 0.3 is 18.0 Å². The molecule has 2 aromatic heterocycles. The first-order valence-electron chi connectivity index (χ1n) is 8.63. The number of aryl methyl sites for hydroxylation is 1. The van der Waals surface area contributed by atoms with Gasteiger partial charge in [-0.3, -0.25) is 0 Å². The van der Waals surface area contributed by atoms with Gasteiger partial charge in [-0.25, -0.2) is 4.79 Å². The lowest BCUT2D eigenvalue weighted by atomic mass is 10.2. The van der Waals surface area contributed by atoms with Crippen LogP contribution in [0.4, 0.5) is 13.2 Å². The number of halogens is 3. The molecule has 0 aliphatic heterocycles. The fraction of sp³-hybridized carbons (Fsp3) is 0.333. The number of aromatic nitrogens is 3. The zero-order valence-corrected chi connectivity index (χ0v) is 15.2. The van der Waals surface area contributed by atoms with Crippen molar-refractivity contribution in [3.05, 3.63) is 47.7 Å². The van der Waals surface area contributed by atoms with Gasteiger partial charge in [-0.15, -0.1) is 0 Å². The Morgan fingerprint density at radius 3 is 2.55 bits per heavy atom. The summed E-state index contributed by atoms with van der Waals surface area (Å²) in [4.78, 5) is 14.8. The van der Waals surface area contributed by atoms with Crippen LogP contribution >= 0.6 is 0 Å². The van der Waals surface area contributed by atoms with Crippen molar-refractivity contribution in [3.8, 4) is 17.1 Å². The van der Waals surface area contributed by atoms with Crippen LogP contribution in [0.3, 0.4) is 0 Å². The predicted octanol–water partition coefficient (Wildman–Crippen LogP) is 3.93. The lowest BCUT2D eigenvalue weighted by Gasteiger charge is -2.05. The monoisotopic (exact) mass is 411 g/mol. The van der Waals surface area contributed by atoms with E-state index in [1.807, 2.05) is 0 Å². The SMILES string of the molecule is CCOC(=O)c1cc(CCCOc2ccc(-c3noc(C(F)(F)F)n3)cc2)on1. The Balaban J connectivity index is 1.47. The Morgan fingerprint density at radius 2 is 1.90 bits per heavy atom. The summed E-state index contributed by atoms with van der Waals surface area (Å²) in [5, 5.41) is 6.97. The summed E-state index contributed by atoms with van der Waals surface area (Å²) in [6.07, 6.45) is -3.58. The number of esters is 1. The Kier molecular flexibility index (Phi) is 6.15. The second kappa shape index (κ2) is 8.76. The maximum Gasteiger partial charge on any atom is 0.471 e. The molecule has 0 fully saturated rings. The Labute approximate surface area is 162 Å². The Morgan fingerprint density at radius 1 is 1.14 bits per heavy atom. The fourth-order valence-electron chi connectivity index (χ4n) is 2.32. The van der Waals surface area contributed by atoms with Crippen molar-refractivity contribution < 1.29 is 36.5 Å². The molecule has 2 heterocycles. The van der Waals surface area contributed by atoms with E-state index >= 15 is 0 Å². The average Bonchev–Trinajstić information content (AvgIpc) is 3.36. The van der Waals surface area contributed by atoms with Gasteiger partial charge in [-0.05, 0) is 37.6 Å². The van der Waals surface area contributed by atoms with Crippen LogP contribution in [0.1, 0.15) is 35.5 Å². The highest BCUT2D eigenvalue weighted by Gasteiger charge is 2.38. The van der Waals surface area contributed by atoms with E-state index < -0.39 is 18.0 Å². The number of rotatable bonds is 8. The van der Waals surface area contributed by atoms with Crippen molar-refractivity contribution in [2.75, 3.05) is 13.2 Å². The van der Waals surface area contributed by atoms with Gasteiger partial charge in [0.15, 0.2) is 5.69 Å². The van der Waals surface area contributed by atoms with E-state index in [1.54, 1.807) is 19.1 Å². The number of ether oxygens (including phenoxy) is 2. The van der Waals surface area contributed by atoms with E-state index in [0.29, 0.717) is 36.5 Å². The lowest BCUT2D eigenvalue weighted by molar-refractivity contribution is -0.159. The maximum atomic E-state index is 12.5. The van der Waals surface area contributed by atoms with Crippen LogP contribution in [0.5, 0.6) is 5.75 Å². The van der Waals surface area contributed by atoms with Gasteiger partial charge < -0.3 is 18.5 Å². The predicted molar refractivity (Wildman–Crippen MR) is 91.0 cm³/mol. The molecule has 0 saturated heterocycles. The van der Waals surface area contributed by atoms with Gasteiger partial charge in [-0.2, -0.15) is 18.2 Å². The highest BCUT2D eigenvalue weighted by molar-refractivity contribution is 5.87. The zero-order valence-electron chi connectivity index (χ0n) is 15.2. The van der Waals surface area contributed by atoms with Crippen LogP contribution in [0.15, 0.2) is 39.4 Å². The summed E-state index contributed by atoms with van der Waals surface area (Å²) in [7, 11) is 0. The molecule has 0 atom stereocenters. The molecule has 0 spiro atoms. The van der Waals surface area contributed by atoms with Crippen molar-refractivity contribution >= 4 is 5.97 Å². The van der Waals surface area contributed by atoms with Crippen molar-refractivity contribution in [3.63, 3.8) is 0 Å². The van der Waals surface area contributed by atoms with E-state index in [-0.39, 0.29) is 18.1 Å². The molecule has 0 unspecified atom stereocenters. The molecular weight excluding hydrogens is 395 g/mol. The van der Waals surface area contributed by atoms with Crippen LogP contribution < -0.4 is 4.74 Å². The maximum absolute atomic E-state index is 12.5. The smallest absolute Gasteiger partial charge is 0.471 e. The molecule has 0 bridgehead atoms. The average molecular weight is 411 g/mol. The highest BCUT2D eigenvalue weighted by Crippen LogP contribution is 2.29. The number of alkyl halides is 3. The van der Waals surface area contributed by atoms with Gasteiger partial charge in [0.05, 0.1) is 13.2 Å². The van der Waals surface area contributed by atoms with Crippen molar-refractivity contribution in [1.29, 1.82) is 0 Å². The first-order chi connectivity index (χ1) is 13.9. The van der Waals surface area contributed by atoms with Crippen molar-refractivity contribution in [2.24, 2.45) is 0 Å². The van der Waals surface area contributed by atoms with Crippen molar-refractivity contribution in [1.82, 2.24) is 15.3 Å². The number of carbonyl (C=O) groups is 1. The number of nitrogens with zero attached hydrogens (tertiary/aromatic N) is 3. The summed E-state index contributed by atoms with van der Waals surface area (Å²) < 4.78 is 57.2. The Bertz CT molecular complexity index is 950. The standard InChI is InChI=1S/C18H16F3N3O5/c1-2-26-16(25)14-10-13(28-23-14)4-3-9-27-12-7-5-11(6-8-12)15-22-17(29-24-15)18(19,20)21/h5-8,10H,2-4,9H2,1H3. The van der Waals surface area contributed by atoms with E-state index in [0.717, 1.165) is 0 Å². The topological polar surface area (TPSA) is 100 Å². The van der Waals surface area contributed by atoms with Gasteiger partial charge in [0, 0.05) is 18.1 Å². The molecular formula is C18H16F3N3O5. The number of hydrogen-bond donors (Lipinski definition) is 0. The van der Waals surface area contributed by atoms with Crippen LogP contribution in [0.25, 0.3) is 11.4 Å². The van der Waals surface area contributed by atoms with E-state index in [4.69, 9.17) is 14.0 Å². The normalized spacial score (nSPS) is 11.4. The molecule has 8 nitrogen and oxygen atoms in total. The zero-order chi connectivity index (χ0) is 20.9. The minimum Gasteiger partial charge on any atom is -0.494 e. The second-order valence-electron chi connectivity index (χ2n) is 5.80. The summed E-state index contributed by atoms with van der Waals surface area (Å²) in [6.45, 7) is 2.31. The molecule has 0 aliphatic rings. The number of hydrogen-bond acceptors (Lipinski definition) is 8.